The summed E-state index contributed by atoms with van der Waals surface area (Å²) < 4.78 is 11.6. The van der Waals surface area contributed by atoms with Crippen molar-refractivity contribution in [2.75, 3.05) is 0 Å². The molecule has 0 aliphatic heterocycles. The quantitative estimate of drug-likeness (QED) is 0.418. The Hall–Kier alpha value is -3.54. The molecular formula is C25H23N3O3. The molecule has 0 bridgehead atoms. The Morgan fingerprint density at radius 3 is 2.77 bits per heavy atom. The molecule has 1 aliphatic carbocycles. The third-order valence-electron chi connectivity index (χ3n) is 5.71. The number of benzene rings is 2. The van der Waals surface area contributed by atoms with Crippen LogP contribution in [0.5, 0.6) is 0 Å². The number of aryl methyl sites for hydroxylation is 2. The Balaban J connectivity index is 1.45. The molecular weight excluding hydrogens is 390 g/mol. The van der Waals surface area contributed by atoms with Crippen LogP contribution in [0.15, 0.2) is 52.9 Å². The molecule has 6 heteroatoms. The van der Waals surface area contributed by atoms with E-state index in [1.165, 1.54) is 0 Å². The van der Waals surface area contributed by atoms with Crippen molar-refractivity contribution < 1.29 is 13.9 Å². The van der Waals surface area contributed by atoms with Gasteiger partial charge in [0.2, 0.25) is 5.89 Å². The second-order valence-electron chi connectivity index (χ2n) is 8.00. The van der Waals surface area contributed by atoms with Gasteiger partial charge in [-0.15, -0.1) is 10.2 Å². The van der Waals surface area contributed by atoms with Crippen LogP contribution in [0.4, 0.5) is 0 Å². The van der Waals surface area contributed by atoms with Crippen molar-refractivity contribution in [3.63, 3.8) is 0 Å². The van der Waals surface area contributed by atoms with Crippen LogP contribution in [-0.2, 0) is 17.6 Å². The molecule has 1 aliphatic rings. The first kappa shape index (κ1) is 19.4. The molecule has 0 unspecified atom stereocenters. The molecule has 1 atom stereocenters. The highest BCUT2D eigenvalue weighted by molar-refractivity contribution is 6.05. The highest BCUT2D eigenvalue weighted by Crippen LogP contribution is 2.31. The van der Waals surface area contributed by atoms with E-state index in [2.05, 4.69) is 10.2 Å². The van der Waals surface area contributed by atoms with Crippen molar-refractivity contribution in [3.05, 3.63) is 76.8 Å². The van der Waals surface area contributed by atoms with E-state index in [1.54, 1.807) is 6.92 Å². The van der Waals surface area contributed by atoms with Gasteiger partial charge in [-0.25, -0.2) is 4.79 Å². The maximum atomic E-state index is 13.3. The lowest BCUT2D eigenvalue weighted by atomic mass is 9.90. The second kappa shape index (κ2) is 7.95. The van der Waals surface area contributed by atoms with Crippen LogP contribution in [-0.4, -0.2) is 21.2 Å². The minimum absolute atomic E-state index is 0.275. The molecule has 0 N–H and O–H groups in total. The van der Waals surface area contributed by atoms with Crippen LogP contribution < -0.4 is 0 Å². The number of pyridine rings is 1. The largest absolute Gasteiger partial charge is 0.449 e. The van der Waals surface area contributed by atoms with Gasteiger partial charge in [-0.3, -0.25) is 4.98 Å². The van der Waals surface area contributed by atoms with Gasteiger partial charge in [-0.05, 0) is 63.3 Å². The van der Waals surface area contributed by atoms with E-state index in [9.17, 15) is 4.79 Å². The molecule has 0 saturated carbocycles. The smallest absolute Gasteiger partial charge is 0.339 e. The highest BCUT2D eigenvalue weighted by atomic mass is 16.6. The molecule has 2 heterocycles. The van der Waals surface area contributed by atoms with Crippen molar-refractivity contribution in [2.45, 2.75) is 45.6 Å². The predicted octanol–water partition coefficient (Wildman–Crippen LogP) is 5.39. The second-order valence-corrected chi connectivity index (χ2v) is 8.00. The molecule has 0 spiro atoms. The van der Waals surface area contributed by atoms with Crippen LogP contribution >= 0.6 is 0 Å². The zero-order valence-corrected chi connectivity index (χ0v) is 17.6. The van der Waals surface area contributed by atoms with Gasteiger partial charge in [-0.2, -0.15) is 0 Å². The van der Waals surface area contributed by atoms with Crippen LogP contribution in [0.1, 0.15) is 58.9 Å². The number of ether oxygens (including phenoxy) is 1. The van der Waals surface area contributed by atoms with Crippen LogP contribution in [0.2, 0.25) is 0 Å². The van der Waals surface area contributed by atoms with Crippen LogP contribution in [0, 0.1) is 6.92 Å². The Kier molecular flexibility index (Phi) is 4.98. The lowest BCUT2D eigenvalue weighted by Crippen LogP contribution is -2.17. The first-order valence-corrected chi connectivity index (χ1v) is 10.6. The average molecular weight is 413 g/mol. The van der Waals surface area contributed by atoms with E-state index in [0.29, 0.717) is 11.5 Å². The fraction of sp³-hybridized carbons (Fsp3) is 0.280. The molecule has 0 fully saturated rings. The highest BCUT2D eigenvalue weighted by Gasteiger charge is 2.26. The average Bonchev–Trinajstić information content (AvgIpc) is 3.28. The number of carbonyl (C=O) groups excluding carboxylic acids is 1. The van der Waals surface area contributed by atoms with Crippen molar-refractivity contribution in [2.24, 2.45) is 0 Å². The van der Waals surface area contributed by atoms with E-state index >= 15 is 0 Å². The van der Waals surface area contributed by atoms with Gasteiger partial charge in [0, 0.05) is 16.6 Å². The number of para-hydroxylation sites is 1. The minimum atomic E-state index is -0.662. The van der Waals surface area contributed by atoms with Gasteiger partial charge < -0.3 is 9.15 Å². The van der Waals surface area contributed by atoms with Crippen molar-refractivity contribution >= 4 is 16.9 Å². The molecule has 6 nitrogen and oxygen atoms in total. The Morgan fingerprint density at radius 1 is 1.06 bits per heavy atom. The number of hydrogen-bond donors (Lipinski definition) is 0. The molecule has 2 aromatic carbocycles. The lowest BCUT2D eigenvalue weighted by Gasteiger charge is -2.20. The summed E-state index contributed by atoms with van der Waals surface area (Å²) in [6.45, 7) is 3.76. The van der Waals surface area contributed by atoms with Crippen LogP contribution in [0.25, 0.3) is 22.4 Å². The van der Waals surface area contributed by atoms with Gasteiger partial charge in [0.05, 0.1) is 11.1 Å². The van der Waals surface area contributed by atoms with Crippen molar-refractivity contribution in [1.82, 2.24) is 15.2 Å². The number of carbonyl (C=O) groups is 1. The van der Waals surface area contributed by atoms with E-state index in [0.717, 1.165) is 59.0 Å². The van der Waals surface area contributed by atoms with Crippen molar-refractivity contribution in [3.8, 4) is 11.5 Å². The summed E-state index contributed by atoms with van der Waals surface area (Å²) in [4.78, 5) is 18.1. The molecule has 31 heavy (non-hydrogen) atoms. The monoisotopic (exact) mass is 413 g/mol. The normalized spacial score (nSPS) is 14.3. The lowest BCUT2D eigenvalue weighted by molar-refractivity contribution is 0.0280. The van der Waals surface area contributed by atoms with Gasteiger partial charge in [-0.1, -0.05) is 35.9 Å². The summed E-state index contributed by atoms with van der Waals surface area (Å²) >= 11 is 0. The van der Waals surface area contributed by atoms with Crippen LogP contribution in [0.3, 0.4) is 0 Å². The van der Waals surface area contributed by atoms with E-state index in [1.807, 2.05) is 55.5 Å². The summed E-state index contributed by atoms with van der Waals surface area (Å²) in [5.74, 6) is 0.310. The first-order chi connectivity index (χ1) is 15.1. The summed E-state index contributed by atoms with van der Waals surface area (Å²) in [7, 11) is 0. The number of hydrogen-bond acceptors (Lipinski definition) is 6. The third-order valence-corrected chi connectivity index (χ3v) is 5.71. The van der Waals surface area contributed by atoms with E-state index in [-0.39, 0.29) is 11.9 Å². The zero-order chi connectivity index (χ0) is 21.4. The SMILES string of the molecule is Cc1cccc(-c2nnc([C@H](C)OC(=O)c3c4c(nc5ccccc35)CCCC4)o2)c1. The summed E-state index contributed by atoms with van der Waals surface area (Å²) in [5.41, 5.74) is 5.39. The number of nitrogens with zero attached hydrogens (tertiary/aromatic N) is 3. The number of esters is 1. The van der Waals surface area contributed by atoms with Gasteiger partial charge in [0.1, 0.15) is 0 Å². The van der Waals surface area contributed by atoms with Gasteiger partial charge in [0.15, 0.2) is 6.10 Å². The van der Waals surface area contributed by atoms with Crippen molar-refractivity contribution in [1.29, 1.82) is 0 Å². The molecule has 0 radical (unpaired) electrons. The van der Waals surface area contributed by atoms with E-state index < -0.39 is 6.10 Å². The number of aromatic nitrogens is 3. The Labute approximate surface area is 180 Å². The Bertz CT molecular complexity index is 1280. The Morgan fingerprint density at radius 2 is 1.90 bits per heavy atom. The summed E-state index contributed by atoms with van der Waals surface area (Å²) in [6, 6.07) is 15.6. The maximum absolute atomic E-state index is 13.3. The fourth-order valence-electron chi connectivity index (χ4n) is 4.17. The molecule has 2 aromatic heterocycles. The summed E-state index contributed by atoms with van der Waals surface area (Å²) in [5, 5.41) is 9.07. The minimum Gasteiger partial charge on any atom is -0.449 e. The van der Waals surface area contributed by atoms with Gasteiger partial charge in [0.25, 0.3) is 5.89 Å². The first-order valence-electron chi connectivity index (χ1n) is 10.6. The van der Waals surface area contributed by atoms with E-state index in [4.69, 9.17) is 14.1 Å². The number of rotatable bonds is 4. The topological polar surface area (TPSA) is 78.1 Å². The molecule has 4 aromatic rings. The third kappa shape index (κ3) is 3.69. The fourth-order valence-corrected chi connectivity index (χ4v) is 4.17. The summed E-state index contributed by atoms with van der Waals surface area (Å²) in [6.07, 6.45) is 3.20. The number of fused-ring (bicyclic) bond motifs is 2. The molecule has 0 amide bonds. The predicted molar refractivity (Wildman–Crippen MR) is 117 cm³/mol. The molecule has 5 rings (SSSR count). The zero-order valence-electron chi connectivity index (χ0n) is 17.6. The maximum Gasteiger partial charge on any atom is 0.339 e. The molecule has 156 valence electrons. The molecule has 0 saturated heterocycles. The van der Waals surface area contributed by atoms with Gasteiger partial charge >= 0.3 is 5.97 Å². The standard InChI is InChI=1S/C25H23N3O3/c1-15-8-7-9-17(14-15)24-28-27-23(31-24)16(2)30-25(29)22-18-10-3-5-12-20(18)26-21-13-6-4-11-19(21)22/h3,5,7-10,12,14,16H,4,6,11,13H2,1-2H3/t16-/m0/s1.